The average Bonchev–Trinajstić information content (AvgIpc) is 2.59. The molecule has 2 N–H and O–H groups in total. The molecule has 2 aromatic rings. The van der Waals surface area contributed by atoms with Crippen LogP contribution in [0.15, 0.2) is 36.7 Å². The molecule has 6 nitrogen and oxygen atoms in total. The molecule has 0 saturated carbocycles. The highest BCUT2D eigenvalue weighted by Crippen LogP contribution is 2.31. The predicted octanol–water partition coefficient (Wildman–Crippen LogP) is 3.23. The molecule has 0 spiro atoms. The van der Waals surface area contributed by atoms with Gasteiger partial charge < -0.3 is 20.1 Å². The van der Waals surface area contributed by atoms with Crippen LogP contribution in [0.1, 0.15) is 24.2 Å². The maximum Gasteiger partial charge on any atom is 0.252 e. The minimum absolute atomic E-state index is 0.132. The molecule has 2 rings (SSSR count). The average molecular weight is 329 g/mol. The molecule has 0 unspecified atom stereocenters. The van der Waals surface area contributed by atoms with Crippen molar-refractivity contribution in [1.82, 2.24) is 10.3 Å². The first-order valence-electron chi connectivity index (χ1n) is 7.75. The number of benzene rings is 1. The zero-order valence-electron chi connectivity index (χ0n) is 14.4. The summed E-state index contributed by atoms with van der Waals surface area (Å²) in [6.07, 6.45) is 3.21. The summed E-state index contributed by atoms with van der Waals surface area (Å²) < 4.78 is 10.5. The van der Waals surface area contributed by atoms with Crippen LogP contribution < -0.4 is 20.1 Å². The Morgan fingerprint density at radius 1 is 1.08 bits per heavy atom. The molecule has 0 bridgehead atoms. The van der Waals surface area contributed by atoms with Crippen LogP contribution in [0.2, 0.25) is 0 Å². The van der Waals surface area contributed by atoms with Gasteiger partial charge in [-0.25, -0.2) is 0 Å². The number of amides is 1. The van der Waals surface area contributed by atoms with Gasteiger partial charge in [-0.3, -0.25) is 9.78 Å². The molecular weight excluding hydrogens is 306 g/mol. The second kappa shape index (κ2) is 8.19. The Bertz CT molecular complexity index is 702. The lowest BCUT2D eigenvalue weighted by atomic mass is 10.2. The third-order valence-corrected chi connectivity index (χ3v) is 3.34. The van der Waals surface area contributed by atoms with Crippen LogP contribution in [0.3, 0.4) is 0 Å². The molecule has 0 fully saturated rings. The van der Waals surface area contributed by atoms with E-state index in [1.165, 1.54) is 0 Å². The maximum absolute atomic E-state index is 12.1. The van der Waals surface area contributed by atoms with Crippen LogP contribution in [-0.2, 0) is 0 Å². The number of nitrogens with zero attached hydrogens (tertiary/aromatic N) is 1. The van der Waals surface area contributed by atoms with E-state index >= 15 is 0 Å². The molecule has 0 atom stereocenters. The van der Waals surface area contributed by atoms with E-state index in [9.17, 15) is 4.79 Å². The third kappa shape index (κ3) is 4.62. The van der Waals surface area contributed by atoms with Crippen LogP contribution >= 0.6 is 0 Å². The summed E-state index contributed by atoms with van der Waals surface area (Å²) in [5, 5.41) is 6.09. The minimum atomic E-state index is -0.132. The number of aromatic nitrogens is 1. The Kier molecular flexibility index (Phi) is 6.01. The molecule has 1 amide bonds. The van der Waals surface area contributed by atoms with Crippen molar-refractivity contribution in [1.29, 1.82) is 0 Å². The summed E-state index contributed by atoms with van der Waals surface area (Å²) in [6.45, 7) is 4.73. The zero-order valence-corrected chi connectivity index (χ0v) is 14.4. The molecule has 6 heteroatoms. The number of anilines is 2. The molecule has 24 heavy (non-hydrogen) atoms. The van der Waals surface area contributed by atoms with Crippen LogP contribution in [-0.4, -0.2) is 31.7 Å². The summed E-state index contributed by atoms with van der Waals surface area (Å²) in [6, 6.07) is 7.27. The third-order valence-electron chi connectivity index (χ3n) is 3.34. The van der Waals surface area contributed by atoms with Crippen molar-refractivity contribution in [2.24, 2.45) is 5.92 Å². The Morgan fingerprint density at radius 3 is 2.50 bits per heavy atom. The van der Waals surface area contributed by atoms with Gasteiger partial charge in [0.1, 0.15) is 0 Å². The van der Waals surface area contributed by atoms with E-state index in [0.717, 1.165) is 11.4 Å². The minimum Gasteiger partial charge on any atom is -0.493 e. The maximum atomic E-state index is 12.1. The number of ether oxygens (including phenoxy) is 2. The Morgan fingerprint density at radius 2 is 1.83 bits per heavy atom. The predicted molar refractivity (Wildman–Crippen MR) is 94.2 cm³/mol. The first kappa shape index (κ1) is 17.6. The smallest absolute Gasteiger partial charge is 0.252 e. The molecule has 0 radical (unpaired) electrons. The van der Waals surface area contributed by atoms with Crippen molar-refractivity contribution in [3.05, 3.63) is 42.2 Å². The van der Waals surface area contributed by atoms with E-state index in [4.69, 9.17) is 9.47 Å². The highest BCUT2D eigenvalue weighted by Gasteiger charge is 2.09. The van der Waals surface area contributed by atoms with Gasteiger partial charge in [-0.15, -0.1) is 0 Å². The van der Waals surface area contributed by atoms with Gasteiger partial charge in [0.2, 0.25) is 0 Å². The second-order valence-electron chi connectivity index (χ2n) is 5.76. The number of carbonyl (C=O) groups is 1. The van der Waals surface area contributed by atoms with Gasteiger partial charge in [0.25, 0.3) is 5.91 Å². The molecule has 0 aliphatic heterocycles. The largest absolute Gasteiger partial charge is 0.493 e. The highest BCUT2D eigenvalue weighted by molar-refractivity contribution is 5.94. The van der Waals surface area contributed by atoms with Gasteiger partial charge in [-0.05, 0) is 24.1 Å². The molecule has 1 aromatic carbocycles. The van der Waals surface area contributed by atoms with Crippen LogP contribution in [0.5, 0.6) is 11.5 Å². The Balaban J connectivity index is 2.13. The monoisotopic (exact) mass is 329 g/mol. The van der Waals surface area contributed by atoms with Crippen molar-refractivity contribution in [3.8, 4) is 11.5 Å². The molecule has 0 saturated heterocycles. The van der Waals surface area contributed by atoms with Gasteiger partial charge in [0.05, 0.1) is 31.7 Å². The van der Waals surface area contributed by atoms with Gasteiger partial charge in [-0.1, -0.05) is 13.8 Å². The van der Waals surface area contributed by atoms with E-state index in [1.54, 1.807) is 32.7 Å². The van der Waals surface area contributed by atoms with Crippen LogP contribution in [0.4, 0.5) is 11.4 Å². The van der Waals surface area contributed by atoms with Crippen LogP contribution in [0.25, 0.3) is 0 Å². The lowest BCUT2D eigenvalue weighted by Crippen LogP contribution is -2.27. The molecule has 1 aromatic heterocycles. The summed E-state index contributed by atoms with van der Waals surface area (Å²) in [4.78, 5) is 16.2. The first-order valence-corrected chi connectivity index (χ1v) is 7.75. The lowest BCUT2D eigenvalue weighted by Gasteiger charge is -2.12. The van der Waals surface area contributed by atoms with E-state index in [1.807, 2.05) is 32.0 Å². The highest BCUT2D eigenvalue weighted by atomic mass is 16.5. The first-order chi connectivity index (χ1) is 11.5. The number of carbonyl (C=O) groups excluding carboxylic acids is 1. The topological polar surface area (TPSA) is 72.5 Å². The van der Waals surface area contributed by atoms with Crippen molar-refractivity contribution < 1.29 is 14.3 Å². The summed E-state index contributed by atoms with van der Waals surface area (Å²) >= 11 is 0. The van der Waals surface area contributed by atoms with E-state index in [2.05, 4.69) is 15.6 Å². The lowest BCUT2D eigenvalue weighted by molar-refractivity contribution is 0.0948. The number of rotatable bonds is 7. The van der Waals surface area contributed by atoms with Crippen molar-refractivity contribution in [2.75, 3.05) is 26.1 Å². The van der Waals surface area contributed by atoms with Crippen molar-refractivity contribution in [3.63, 3.8) is 0 Å². The van der Waals surface area contributed by atoms with Gasteiger partial charge in [0, 0.05) is 24.5 Å². The summed E-state index contributed by atoms with van der Waals surface area (Å²) in [5.74, 6) is 1.55. The summed E-state index contributed by atoms with van der Waals surface area (Å²) in [7, 11) is 3.18. The second-order valence-corrected chi connectivity index (χ2v) is 5.76. The van der Waals surface area contributed by atoms with E-state index in [0.29, 0.717) is 29.5 Å². The molecule has 0 aliphatic carbocycles. The summed E-state index contributed by atoms with van der Waals surface area (Å²) in [5.41, 5.74) is 2.05. The number of nitrogens with one attached hydrogen (secondary N) is 2. The number of pyridine rings is 1. The quantitative estimate of drug-likeness (QED) is 0.816. The SMILES string of the molecule is COc1ccc(Nc2cncc(C(=O)NCC(C)C)c2)cc1OC. The van der Waals surface area contributed by atoms with Crippen molar-refractivity contribution in [2.45, 2.75) is 13.8 Å². The normalized spacial score (nSPS) is 10.4. The molecule has 0 aliphatic rings. The fourth-order valence-corrected chi connectivity index (χ4v) is 2.11. The van der Waals surface area contributed by atoms with Gasteiger partial charge in [-0.2, -0.15) is 0 Å². The molecule has 1 heterocycles. The van der Waals surface area contributed by atoms with E-state index < -0.39 is 0 Å². The fourth-order valence-electron chi connectivity index (χ4n) is 2.11. The van der Waals surface area contributed by atoms with Crippen molar-refractivity contribution >= 4 is 17.3 Å². The standard InChI is InChI=1S/C18H23N3O3/c1-12(2)9-20-18(22)13-7-15(11-19-10-13)21-14-5-6-16(23-3)17(8-14)24-4/h5-8,10-12,21H,9H2,1-4H3,(H,20,22). The Labute approximate surface area is 142 Å². The zero-order chi connectivity index (χ0) is 17.5. The van der Waals surface area contributed by atoms with Gasteiger partial charge in [0.15, 0.2) is 11.5 Å². The van der Waals surface area contributed by atoms with E-state index in [-0.39, 0.29) is 5.91 Å². The fraction of sp³-hybridized carbons (Fsp3) is 0.333. The van der Waals surface area contributed by atoms with Crippen LogP contribution in [0, 0.1) is 5.92 Å². The number of hydrogen-bond donors (Lipinski definition) is 2. The number of hydrogen-bond acceptors (Lipinski definition) is 5. The Hall–Kier alpha value is -2.76. The molecule has 128 valence electrons. The molecular formula is C18H23N3O3. The van der Waals surface area contributed by atoms with Gasteiger partial charge >= 0.3 is 0 Å². The number of methoxy groups -OCH3 is 2.